The minimum Gasteiger partial charge on any atom is -0.339 e. The number of aryl methyl sites for hydroxylation is 1. The first-order chi connectivity index (χ1) is 11.7. The van der Waals surface area contributed by atoms with Crippen LogP contribution in [0.2, 0.25) is 0 Å². The Labute approximate surface area is 143 Å². The molecular weight excluding hydrogens is 306 g/mol. The van der Waals surface area contributed by atoms with Crippen molar-refractivity contribution >= 4 is 11.9 Å². The molecule has 3 rings (SSSR count). The van der Waals surface area contributed by atoms with E-state index in [9.17, 15) is 9.59 Å². The Morgan fingerprint density at radius 1 is 1.21 bits per heavy atom. The van der Waals surface area contributed by atoms with Gasteiger partial charge in [0.1, 0.15) is 0 Å². The summed E-state index contributed by atoms with van der Waals surface area (Å²) in [5.41, 5.74) is 1.01. The van der Waals surface area contributed by atoms with Gasteiger partial charge in [-0.15, -0.1) is 0 Å². The molecule has 1 aromatic heterocycles. The number of amides is 3. The predicted octanol–water partition coefficient (Wildman–Crippen LogP) is 1.45. The molecule has 0 atom stereocenters. The molecule has 24 heavy (non-hydrogen) atoms. The van der Waals surface area contributed by atoms with Gasteiger partial charge in [-0.3, -0.25) is 9.48 Å². The molecule has 7 nitrogen and oxygen atoms in total. The van der Waals surface area contributed by atoms with Crippen LogP contribution in [0.5, 0.6) is 0 Å². The number of nitrogens with zero attached hydrogens (tertiary/aromatic N) is 4. The number of hydrogen-bond donors (Lipinski definition) is 1. The average molecular weight is 333 g/mol. The van der Waals surface area contributed by atoms with E-state index >= 15 is 0 Å². The maximum absolute atomic E-state index is 12.3. The predicted molar refractivity (Wildman–Crippen MR) is 90.2 cm³/mol. The fourth-order valence-corrected chi connectivity index (χ4v) is 3.18. The van der Waals surface area contributed by atoms with Gasteiger partial charge in [-0.25, -0.2) is 4.79 Å². The molecule has 0 unspecified atom stereocenters. The number of piperazine rings is 1. The Balaban J connectivity index is 1.40. The molecule has 1 saturated heterocycles. The summed E-state index contributed by atoms with van der Waals surface area (Å²) in [5.74, 6) is 0.523. The lowest BCUT2D eigenvalue weighted by Gasteiger charge is -2.38. The van der Waals surface area contributed by atoms with Crippen molar-refractivity contribution in [2.75, 3.05) is 26.2 Å². The molecule has 0 spiro atoms. The van der Waals surface area contributed by atoms with Crippen molar-refractivity contribution in [3.05, 3.63) is 18.0 Å². The van der Waals surface area contributed by atoms with Crippen molar-refractivity contribution in [1.29, 1.82) is 0 Å². The van der Waals surface area contributed by atoms with E-state index in [2.05, 4.69) is 17.3 Å². The molecule has 1 saturated carbocycles. The second-order valence-corrected chi connectivity index (χ2v) is 6.71. The van der Waals surface area contributed by atoms with Gasteiger partial charge in [0.2, 0.25) is 5.91 Å². The van der Waals surface area contributed by atoms with Gasteiger partial charge in [0, 0.05) is 56.9 Å². The molecule has 1 aliphatic carbocycles. The van der Waals surface area contributed by atoms with E-state index in [0.717, 1.165) is 31.4 Å². The van der Waals surface area contributed by atoms with Gasteiger partial charge in [0.15, 0.2) is 0 Å². The topological polar surface area (TPSA) is 70.5 Å². The van der Waals surface area contributed by atoms with Gasteiger partial charge in [-0.05, 0) is 19.3 Å². The van der Waals surface area contributed by atoms with Crippen molar-refractivity contribution < 1.29 is 9.59 Å². The molecule has 7 heteroatoms. The maximum atomic E-state index is 12.3. The molecule has 1 aliphatic heterocycles. The molecule has 132 valence electrons. The van der Waals surface area contributed by atoms with Crippen molar-refractivity contribution in [3.8, 4) is 0 Å². The second kappa shape index (κ2) is 7.68. The van der Waals surface area contributed by atoms with Crippen LogP contribution in [0.4, 0.5) is 4.79 Å². The number of hydrogen-bond acceptors (Lipinski definition) is 3. The lowest BCUT2D eigenvalue weighted by atomic mass is 9.84. The highest BCUT2D eigenvalue weighted by atomic mass is 16.2. The SMILES string of the molecule is CCCn1cc(CNC(=O)N2CCN(C(=O)C3CCC3)CC2)cn1. The van der Waals surface area contributed by atoms with Crippen LogP contribution in [0, 0.1) is 5.92 Å². The Hall–Kier alpha value is -2.05. The Morgan fingerprint density at radius 2 is 1.92 bits per heavy atom. The standard InChI is InChI=1S/C17H27N5O2/c1-2-6-22-13-14(12-19-22)11-18-17(24)21-9-7-20(8-10-21)16(23)15-4-3-5-15/h12-13,15H,2-11H2,1H3,(H,18,24). The van der Waals surface area contributed by atoms with E-state index in [4.69, 9.17) is 0 Å². The normalized spacial score (nSPS) is 18.4. The van der Waals surface area contributed by atoms with Gasteiger partial charge in [-0.1, -0.05) is 13.3 Å². The van der Waals surface area contributed by atoms with Crippen molar-refractivity contribution in [2.45, 2.75) is 45.7 Å². The zero-order chi connectivity index (χ0) is 16.9. The highest BCUT2D eigenvalue weighted by Crippen LogP contribution is 2.28. The fraction of sp³-hybridized carbons (Fsp3) is 0.706. The minimum atomic E-state index is -0.0611. The summed E-state index contributed by atoms with van der Waals surface area (Å²) in [4.78, 5) is 28.2. The largest absolute Gasteiger partial charge is 0.339 e. The molecule has 2 aliphatic rings. The highest BCUT2D eigenvalue weighted by molar-refractivity contribution is 5.80. The third-order valence-electron chi connectivity index (χ3n) is 4.92. The molecule has 1 aromatic rings. The lowest BCUT2D eigenvalue weighted by Crippen LogP contribution is -2.54. The third-order valence-corrected chi connectivity index (χ3v) is 4.92. The van der Waals surface area contributed by atoms with Gasteiger partial charge in [0.25, 0.3) is 0 Å². The van der Waals surface area contributed by atoms with Crippen molar-refractivity contribution in [2.24, 2.45) is 5.92 Å². The second-order valence-electron chi connectivity index (χ2n) is 6.71. The summed E-state index contributed by atoms with van der Waals surface area (Å²) in [6.07, 6.45) is 8.05. The van der Waals surface area contributed by atoms with Crippen LogP contribution < -0.4 is 5.32 Å². The Morgan fingerprint density at radius 3 is 2.54 bits per heavy atom. The number of rotatable bonds is 5. The number of aromatic nitrogens is 2. The number of carbonyl (C=O) groups excluding carboxylic acids is 2. The van der Waals surface area contributed by atoms with Crippen LogP contribution in [0.15, 0.2) is 12.4 Å². The van der Waals surface area contributed by atoms with Gasteiger partial charge in [-0.2, -0.15) is 5.10 Å². The van der Waals surface area contributed by atoms with Crippen LogP contribution in [0.3, 0.4) is 0 Å². The summed E-state index contributed by atoms with van der Waals surface area (Å²) in [6.45, 7) is 6.01. The minimum absolute atomic E-state index is 0.0611. The number of carbonyl (C=O) groups is 2. The molecule has 0 bridgehead atoms. The molecule has 0 radical (unpaired) electrons. The quantitative estimate of drug-likeness (QED) is 0.886. The third kappa shape index (κ3) is 3.88. The van der Waals surface area contributed by atoms with Crippen LogP contribution in [0.25, 0.3) is 0 Å². The van der Waals surface area contributed by atoms with E-state index in [0.29, 0.717) is 32.7 Å². The first-order valence-corrected chi connectivity index (χ1v) is 9.00. The molecule has 0 aromatic carbocycles. The number of nitrogens with one attached hydrogen (secondary N) is 1. The summed E-state index contributed by atoms with van der Waals surface area (Å²) >= 11 is 0. The van der Waals surface area contributed by atoms with Crippen molar-refractivity contribution in [3.63, 3.8) is 0 Å². The molecular formula is C17H27N5O2. The first kappa shape index (κ1) is 16.8. The number of urea groups is 1. The van der Waals surface area contributed by atoms with E-state index in [1.54, 1.807) is 11.1 Å². The summed E-state index contributed by atoms with van der Waals surface area (Å²) in [5, 5.41) is 7.21. The maximum Gasteiger partial charge on any atom is 0.317 e. The molecule has 2 fully saturated rings. The van der Waals surface area contributed by atoms with E-state index in [1.165, 1.54) is 6.42 Å². The summed E-state index contributed by atoms with van der Waals surface area (Å²) in [6, 6.07) is -0.0611. The van der Waals surface area contributed by atoms with E-state index in [1.807, 2.05) is 15.8 Å². The van der Waals surface area contributed by atoms with E-state index in [-0.39, 0.29) is 17.9 Å². The smallest absolute Gasteiger partial charge is 0.317 e. The van der Waals surface area contributed by atoms with Gasteiger partial charge < -0.3 is 15.1 Å². The van der Waals surface area contributed by atoms with Crippen molar-refractivity contribution in [1.82, 2.24) is 24.9 Å². The molecule has 3 amide bonds. The van der Waals surface area contributed by atoms with Crippen LogP contribution >= 0.6 is 0 Å². The summed E-state index contributed by atoms with van der Waals surface area (Å²) in [7, 11) is 0. The molecule has 2 heterocycles. The Kier molecular flexibility index (Phi) is 5.37. The van der Waals surface area contributed by atoms with Crippen LogP contribution in [0.1, 0.15) is 38.2 Å². The zero-order valence-corrected chi connectivity index (χ0v) is 14.4. The average Bonchev–Trinajstić information content (AvgIpc) is 2.99. The van der Waals surface area contributed by atoms with Gasteiger partial charge in [0.05, 0.1) is 6.20 Å². The Bertz CT molecular complexity index is 573. The fourth-order valence-electron chi connectivity index (χ4n) is 3.18. The molecule has 1 N–H and O–H groups in total. The highest BCUT2D eigenvalue weighted by Gasteiger charge is 2.31. The summed E-state index contributed by atoms with van der Waals surface area (Å²) < 4.78 is 1.90. The van der Waals surface area contributed by atoms with Crippen LogP contribution in [-0.2, 0) is 17.9 Å². The first-order valence-electron chi connectivity index (χ1n) is 9.00. The van der Waals surface area contributed by atoms with Gasteiger partial charge >= 0.3 is 6.03 Å². The monoisotopic (exact) mass is 333 g/mol. The lowest BCUT2D eigenvalue weighted by molar-refractivity contribution is -0.139. The van der Waals surface area contributed by atoms with E-state index < -0.39 is 0 Å². The zero-order valence-electron chi connectivity index (χ0n) is 14.4. The van der Waals surface area contributed by atoms with Crippen LogP contribution in [-0.4, -0.2) is 57.7 Å².